The van der Waals surface area contributed by atoms with Crippen molar-refractivity contribution in [3.63, 3.8) is 0 Å². The smallest absolute Gasteiger partial charge is 0.335 e. The number of nitrogens with one attached hydrogen (secondary N) is 2. The molecule has 1 amide bonds. The number of hydrogen-bond donors (Lipinski definition) is 3. The quantitative estimate of drug-likeness (QED) is 0.811. The standard InChI is InChI=1S/C12H7Cl2FN2O3/c13-6-4-9(16-10(6)14)11(18)17-8-2-1-5(12(19)20)3-7(8)15/h1-4,16H,(H,17,18)(H,19,20). The first-order chi connectivity index (χ1) is 9.38. The molecule has 2 aromatic rings. The van der Waals surface area contributed by atoms with Crippen LogP contribution >= 0.6 is 23.2 Å². The molecule has 5 nitrogen and oxygen atoms in total. The van der Waals surface area contributed by atoms with Gasteiger partial charge in [-0.1, -0.05) is 23.2 Å². The number of aromatic amines is 1. The van der Waals surface area contributed by atoms with Gasteiger partial charge in [-0.15, -0.1) is 0 Å². The van der Waals surface area contributed by atoms with E-state index in [1.54, 1.807) is 0 Å². The van der Waals surface area contributed by atoms with E-state index >= 15 is 0 Å². The summed E-state index contributed by atoms with van der Waals surface area (Å²) >= 11 is 11.3. The van der Waals surface area contributed by atoms with E-state index in [0.29, 0.717) is 0 Å². The second-order valence-electron chi connectivity index (χ2n) is 3.80. The van der Waals surface area contributed by atoms with E-state index in [0.717, 1.165) is 12.1 Å². The molecule has 8 heteroatoms. The van der Waals surface area contributed by atoms with Crippen LogP contribution in [0.3, 0.4) is 0 Å². The first kappa shape index (κ1) is 14.4. The third-order valence-corrected chi connectivity index (χ3v) is 3.13. The lowest BCUT2D eigenvalue weighted by molar-refractivity contribution is 0.0696. The molecule has 0 aliphatic carbocycles. The van der Waals surface area contributed by atoms with Gasteiger partial charge in [0.25, 0.3) is 5.91 Å². The summed E-state index contributed by atoms with van der Waals surface area (Å²) in [5.74, 6) is -2.77. The van der Waals surface area contributed by atoms with Crippen LogP contribution in [0.2, 0.25) is 10.2 Å². The largest absolute Gasteiger partial charge is 0.478 e. The molecular weight excluding hydrogens is 310 g/mol. The molecule has 3 N–H and O–H groups in total. The molecule has 0 aliphatic rings. The molecule has 104 valence electrons. The van der Waals surface area contributed by atoms with Crippen molar-refractivity contribution in [1.29, 1.82) is 0 Å². The summed E-state index contributed by atoms with van der Waals surface area (Å²) in [6.07, 6.45) is 0. The summed E-state index contributed by atoms with van der Waals surface area (Å²) < 4.78 is 13.6. The lowest BCUT2D eigenvalue weighted by atomic mass is 10.2. The van der Waals surface area contributed by atoms with E-state index in [1.165, 1.54) is 12.1 Å². The lowest BCUT2D eigenvalue weighted by Gasteiger charge is -2.05. The number of benzene rings is 1. The van der Waals surface area contributed by atoms with E-state index in [1.807, 2.05) is 0 Å². The first-order valence-electron chi connectivity index (χ1n) is 5.26. The molecular formula is C12H7Cl2FN2O3. The highest BCUT2D eigenvalue weighted by atomic mass is 35.5. The van der Waals surface area contributed by atoms with Crippen LogP contribution in [0.15, 0.2) is 24.3 Å². The van der Waals surface area contributed by atoms with Gasteiger partial charge in [0.15, 0.2) is 0 Å². The number of aromatic carboxylic acids is 1. The third-order valence-electron chi connectivity index (χ3n) is 2.43. The second-order valence-corrected chi connectivity index (χ2v) is 4.58. The van der Waals surface area contributed by atoms with Gasteiger partial charge in [-0.2, -0.15) is 0 Å². The van der Waals surface area contributed by atoms with Gasteiger partial charge in [0, 0.05) is 0 Å². The highest BCUT2D eigenvalue weighted by Gasteiger charge is 2.14. The highest BCUT2D eigenvalue weighted by Crippen LogP contribution is 2.23. The van der Waals surface area contributed by atoms with Crippen LogP contribution in [-0.2, 0) is 0 Å². The van der Waals surface area contributed by atoms with E-state index in [2.05, 4.69) is 10.3 Å². The van der Waals surface area contributed by atoms with Gasteiger partial charge in [-0.3, -0.25) is 4.79 Å². The number of halogens is 3. The number of carbonyl (C=O) groups excluding carboxylic acids is 1. The van der Waals surface area contributed by atoms with Gasteiger partial charge < -0.3 is 15.4 Å². The average molecular weight is 317 g/mol. The van der Waals surface area contributed by atoms with Crippen LogP contribution in [0, 0.1) is 5.82 Å². The number of aromatic nitrogens is 1. The van der Waals surface area contributed by atoms with Gasteiger partial charge in [0.05, 0.1) is 16.3 Å². The van der Waals surface area contributed by atoms with Crippen LogP contribution in [0.5, 0.6) is 0 Å². The van der Waals surface area contributed by atoms with Crippen molar-refractivity contribution in [2.45, 2.75) is 0 Å². The Hall–Kier alpha value is -2.05. The van der Waals surface area contributed by atoms with Crippen molar-refractivity contribution in [1.82, 2.24) is 4.98 Å². The van der Waals surface area contributed by atoms with Crippen molar-refractivity contribution in [3.05, 3.63) is 51.5 Å². The summed E-state index contributed by atoms with van der Waals surface area (Å²) in [5, 5.41) is 11.2. The van der Waals surface area contributed by atoms with Crippen LogP contribution in [0.1, 0.15) is 20.8 Å². The molecule has 0 saturated heterocycles. The Bertz CT molecular complexity index is 681. The zero-order valence-corrected chi connectivity index (χ0v) is 11.2. The molecule has 20 heavy (non-hydrogen) atoms. The van der Waals surface area contributed by atoms with Crippen molar-refractivity contribution in [2.24, 2.45) is 0 Å². The number of carboxylic acids is 1. The first-order valence-corrected chi connectivity index (χ1v) is 6.02. The lowest BCUT2D eigenvalue weighted by Crippen LogP contribution is -2.13. The summed E-state index contributed by atoms with van der Waals surface area (Å²) in [6, 6.07) is 4.44. The highest BCUT2D eigenvalue weighted by molar-refractivity contribution is 6.41. The Morgan fingerprint density at radius 1 is 1.25 bits per heavy atom. The fourth-order valence-corrected chi connectivity index (χ4v) is 1.78. The third kappa shape index (κ3) is 2.92. The van der Waals surface area contributed by atoms with Crippen LogP contribution in [0.4, 0.5) is 10.1 Å². The van der Waals surface area contributed by atoms with Gasteiger partial charge in [-0.05, 0) is 24.3 Å². The molecule has 0 fully saturated rings. The molecule has 0 bridgehead atoms. The predicted molar refractivity (Wildman–Crippen MR) is 72.1 cm³/mol. The molecule has 0 unspecified atom stereocenters. The number of amides is 1. The van der Waals surface area contributed by atoms with Gasteiger partial charge in [0.1, 0.15) is 16.7 Å². The molecule has 0 saturated carbocycles. The Balaban J connectivity index is 2.21. The van der Waals surface area contributed by atoms with Crippen LogP contribution in [-0.4, -0.2) is 22.0 Å². The Labute approximate surface area is 122 Å². The number of rotatable bonds is 3. The maximum Gasteiger partial charge on any atom is 0.335 e. The predicted octanol–water partition coefficient (Wildman–Crippen LogP) is 3.41. The fourth-order valence-electron chi connectivity index (χ4n) is 1.47. The number of H-pyrrole nitrogens is 1. The SMILES string of the molecule is O=C(O)c1ccc(NC(=O)c2cc(Cl)c(Cl)[nH]2)c(F)c1. The monoisotopic (exact) mass is 316 g/mol. The van der Waals surface area contributed by atoms with Gasteiger partial charge in [0.2, 0.25) is 0 Å². The van der Waals surface area contributed by atoms with Crippen LogP contribution in [0.25, 0.3) is 0 Å². The van der Waals surface area contributed by atoms with E-state index in [9.17, 15) is 14.0 Å². The molecule has 1 heterocycles. The zero-order valence-electron chi connectivity index (χ0n) is 9.71. The van der Waals surface area contributed by atoms with Crippen molar-refractivity contribution < 1.29 is 19.1 Å². The summed E-state index contributed by atoms with van der Waals surface area (Å²) in [7, 11) is 0. The topological polar surface area (TPSA) is 82.2 Å². The van der Waals surface area contributed by atoms with Crippen molar-refractivity contribution >= 4 is 40.8 Å². The zero-order chi connectivity index (χ0) is 14.9. The maximum atomic E-state index is 13.6. The second kappa shape index (κ2) is 5.52. The molecule has 1 aromatic heterocycles. The Kier molecular flexibility index (Phi) is 3.96. The summed E-state index contributed by atoms with van der Waals surface area (Å²) in [5.41, 5.74) is -0.310. The fraction of sp³-hybridized carbons (Fsp3) is 0. The van der Waals surface area contributed by atoms with Crippen molar-refractivity contribution in [3.8, 4) is 0 Å². The Morgan fingerprint density at radius 3 is 2.45 bits per heavy atom. The van der Waals surface area contributed by atoms with E-state index in [-0.39, 0.29) is 27.1 Å². The minimum atomic E-state index is -1.26. The number of carbonyl (C=O) groups is 2. The minimum Gasteiger partial charge on any atom is -0.478 e. The molecule has 0 aliphatic heterocycles. The van der Waals surface area contributed by atoms with Gasteiger partial charge in [-0.25, -0.2) is 9.18 Å². The molecule has 0 radical (unpaired) electrons. The van der Waals surface area contributed by atoms with E-state index in [4.69, 9.17) is 28.3 Å². The number of anilines is 1. The van der Waals surface area contributed by atoms with Crippen molar-refractivity contribution in [2.75, 3.05) is 5.32 Å². The molecule has 0 atom stereocenters. The average Bonchev–Trinajstić information content (AvgIpc) is 2.72. The summed E-state index contributed by atoms with van der Waals surface area (Å²) in [6.45, 7) is 0. The molecule has 1 aromatic carbocycles. The van der Waals surface area contributed by atoms with Gasteiger partial charge >= 0.3 is 5.97 Å². The van der Waals surface area contributed by atoms with Crippen LogP contribution < -0.4 is 5.32 Å². The Morgan fingerprint density at radius 2 is 1.95 bits per heavy atom. The maximum absolute atomic E-state index is 13.6. The molecule has 0 spiro atoms. The minimum absolute atomic E-state index is 0.0571. The van der Waals surface area contributed by atoms with E-state index < -0.39 is 17.7 Å². The number of hydrogen-bond acceptors (Lipinski definition) is 2. The number of carboxylic acid groups (broad SMARTS) is 1. The summed E-state index contributed by atoms with van der Waals surface area (Å²) in [4.78, 5) is 25.0. The molecule has 2 rings (SSSR count). The normalized spacial score (nSPS) is 10.3.